The van der Waals surface area contributed by atoms with Crippen LogP contribution in [0.25, 0.3) is 10.9 Å². The summed E-state index contributed by atoms with van der Waals surface area (Å²) in [6.07, 6.45) is 2.10. The normalized spacial score (nSPS) is 17.8. The molecule has 0 spiro atoms. The molecule has 4 N–H and O–H groups in total. The Balaban J connectivity index is 1.51. The number of nitrogens with zero attached hydrogens (tertiary/aromatic N) is 2. The number of fused-ring (bicyclic) bond motifs is 1. The van der Waals surface area contributed by atoms with Gasteiger partial charge < -0.3 is 21.3 Å². The number of rotatable bonds is 4. The highest BCUT2D eigenvalue weighted by Gasteiger charge is 2.39. The van der Waals surface area contributed by atoms with E-state index in [4.69, 9.17) is 17.3 Å². The number of hydrogen-bond donors (Lipinski definition) is 3. The van der Waals surface area contributed by atoms with Crippen molar-refractivity contribution in [3.8, 4) is 0 Å². The van der Waals surface area contributed by atoms with Crippen molar-refractivity contribution in [3.63, 3.8) is 0 Å². The molecule has 172 valence electrons. The SMILES string of the molecule is C[C@H]1CCN(C(=O)Nc2cn(C(N)=O)c3ccccc23)[C@@H]1C(=O)NCc1cccc(Cl)c1F. The number of carbonyl (C=O) groups is 3. The molecule has 0 bridgehead atoms. The Hall–Kier alpha value is -3.59. The Bertz CT molecular complexity index is 1240. The van der Waals surface area contributed by atoms with E-state index in [1.54, 1.807) is 36.4 Å². The number of anilines is 1. The van der Waals surface area contributed by atoms with Gasteiger partial charge in [-0.1, -0.05) is 48.9 Å². The fraction of sp³-hybridized carbons (Fsp3) is 0.261. The first kappa shape index (κ1) is 22.6. The van der Waals surface area contributed by atoms with Crippen molar-refractivity contribution in [2.24, 2.45) is 11.7 Å². The van der Waals surface area contributed by atoms with Crippen LogP contribution in [0, 0.1) is 11.7 Å². The smallest absolute Gasteiger partial charge is 0.323 e. The lowest BCUT2D eigenvalue weighted by Crippen LogP contribution is -2.49. The monoisotopic (exact) mass is 471 g/mol. The lowest BCUT2D eigenvalue weighted by atomic mass is 10.0. The molecule has 2 atom stereocenters. The molecule has 4 rings (SSSR count). The van der Waals surface area contributed by atoms with Crippen molar-refractivity contribution < 1.29 is 18.8 Å². The van der Waals surface area contributed by atoms with Gasteiger partial charge in [0.1, 0.15) is 11.9 Å². The van der Waals surface area contributed by atoms with Crippen molar-refractivity contribution in [2.75, 3.05) is 11.9 Å². The Morgan fingerprint density at radius 3 is 2.70 bits per heavy atom. The predicted molar refractivity (Wildman–Crippen MR) is 123 cm³/mol. The number of nitrogens with one attached hydrogen (secondary N) is 2. The number of amides is 4. The van der Waals surface area contributed by atoms with Gasteiger partial charge in [0, 0.05) is 30.2 Å². The zero-order valence-corrected chi connectivity index (χ0v) is 18.6. The highest BCUT2D eigenvalue weighted by molar-refractivity contribution is 6.30. The Kier molecular flexibility index (Phi) is 6.24. The number of benzene rings is 2. The second-order valence-electron chi connectivity index (χ2n) is 8.03. The number of urea groups is 1. The third kappa shape index (κ3) is 4.36. The molecule has 4 amide bonds. The van der Waals surface area contributed by atoms with Crippen LogP contribution < -0.4 is 16.4 Å². The predicted octanol–water partition coefficient (Wildman–Crippen LogP) is 3.92. The van der Waals surface area contributed by atoms with E-state index in [0.717, 1.165) is 0 Å². The minimum absolute atomic E-state index is 0.0212. The highest BCUT2D eigenvalue weighted by atomic mass is 35.5. The second-order valence-corrected chi connectivity index (χ2v) is 8.44. The van der Waals surface area contributed by atoms with Crippen LogP contribution in [0.2, 0.25) is 5.02 Å². The summed E-state index contributed by atoms with van der Waals surface area (Å²) in [5, 5.41) is 6.14. The fourth-order valence-electron chi connectivity index (χ4n) is 4.20. The zero-order chi connectivity index (χ0) is 23.7. The molecule has 1 aromatic heterocycles. The number of carbonyl (C=O) groups excluding carboxylic acids is 3. The lowest BCUT2D eigenvalue weighted by molar-refractivity contribution is -0.125. The van der Waals surface area contributed by atoms with Crippen LogP contribution in [0.1, 0.15) is 18.9 Å². The fourth-order valence-corrected chi connectivity index (χ4v) is 4.39. The second kappa shape index (κ2) is 9.11. The quantitative estimate of drug-likeness (QED) is 0.536. The number of hydrogen-bond acceptors (Lipinski definition) is 3. The summed E-state index contributed by atoms with van der Waals surface area (Å²) < 4.78 is 15.4. The summed E-state index contributed by atoms with van der Waals surface area (Å²) in [6, 6.07) is 9.74. The maximum Gasteiger partial charge on any atom is 0.323 e. The van der Waals surface area contributed by atoms with Gasteiger partial charge in [-0.25, -0.2) is 14.0 Å². The average Bonchev–Trinajstić information content (AvgIpc) is 3.35. The summed E-state index contributed by atoms with van der Waals surface area (Å²) in [7, 11) is 0. The summed E-state index contributed by atoms with van der Waals surface area (Å²) >= 11 is 5.80. The van der Waals surface area contributed by atoms with Crippen LogP contribution in [0.15, 0.2) is 48.7 Å². The third-order valence-electron chi connectivity index (χ3n) is 5.91. The van der Waals surface area contributed by atoms with Crippen LogP contribution in [0.5, 0.6) is 0 Å². The molecule has 3 aromatic rings. The summed E-state index contributed by atoms with van der Waals surface area (Å²) in [4.78, 5) is 39.3. The van der Waals surface area contributed by atoms with Crippen LogP contribution in [-0.2, 0) is 11.3 Å². The molecule has 10 heteroatoms. The molecule has 1 saturated heterocycles. The summed E-state index contributed by atoms with van der Waals surface area (Å²) in [5.41, 5.74) is 6.68. The maximum atomic E-state index is 14.1. The first-order valence-corrected chi connectivity index (χ1v) is 10.8. The van der Waals surface area contributed by atoms with Gasteiger partial charge in [0.25, 0.3) is 0 Å². The molecule has 2 aromatic carbocycles. The summed E-state index contributed by atoms with van der Waals surface area (Å²) in [6.45, 7) is 2.22. The molecule has 1 fully saturated rings. The van der Waals surface area contributed by atoms with Crippen molar-refractivity contribution in [2.45, 2.75) is 25.9 Å². The maximum absolute atomic E-state index is 14.1. The standard InChI is InChI=1S/C23H23ClFN5O3/c1-13-9-10-29(20(13)21(31)27-11-14-5-4-7-16(24)19(14)25)23(33)28-17-12-30(22(26)32)18-8-3-2-6-15(17)18/h2-8,12-13,20H,9-11H2,1H3,(H2,26,32)(H,27,31)(H,28,33)/t13-,20-/m0/s1. The molecule has 0 aliphatic carbocycles. The largest absolute Gasteiger partial charge is 0.351 e. The van der Waals surface area contributed by atoms with E-state index in [9.17, 15) is 18.8 Å². The van der Waals surface area contributed by atoms with E-state index in [-0.39, 0.29) is 29.0 Å². The van der Waals surface area contributed by atoms with E-state index in [1.165, 1.54) is 21.7 Å². The van der Waals surface area contributed by atoms with Gasteiger partial charge in [0.15, 0.2) is 0 Å². The number of primary amides is 1. The van der Waals surface area contributed by atoms with Crippen molar-refractivity contribution >= 4 is 46.2 Å². The van der Waals surface area contributed by atoms with Gasteiger partial charge in [-0.2, -0.15) is 0 Å². The number of para-hydroxylation sites is 1. The lowest BCUT2D eigenvalue weighted by Gasteiger charge is -2.26. The van der Waals surface area contributed by atoms with E-state index in [0.29, 0.717) is 29.6 Å². The number of nitrogens with two attached hydrogens (primary N) is 1. The Morgan fingerprint density at radius 1 is 1.18 bits per heavy atom. The minimum atomic E-state index is -0.725. The van der Waals surface area contributed by atoms with Gasteiger partial charge in [0.2, 0.25) is 5.91 Å². The first-order valence-electron chi connectivity index (χ1n) is 10.5. The first-order chi connectivity index (χ1) is 15.8. The molecule has 1 aliphatic rings. The van der Waals surface area contributed by atoms with Gasteiger partial charge in [-0.3, -0.25) is 9.36 Å². The Morgan fingerprint density at radius 2 is 1.94 bits per heavy atom. The average molecular weight is 472 g/mol. The van der Waals surface area contributed by atoms with E-state index in [2.05, 4.69) is 10.6 Å². The number of likely N-dealkylation sites (tertiary alicyclic amines) is 1. The van der Waals surface area contributed by atoms with Crippen LogP contribution >= 0.6 is 11.6 Å². The molecular weight excluding hydrogens is 449 g/mol. The van der Waals surface area contributed by atoms with Crippen LogP contribution in [0.3, 0.4) is 0 Å². The minimum Gasteiger partial charge on any atom is -0.351 e. The molecule has 33 heavy (non-hydrogen) atoms. The number of halogens is 2. The van der Waals surface area contributed by atoms with Crippen LogP contribution in [0.4, 0.5) is 19.7 Å². The molecule has 1 aliphatic heterocycles. The van der Waals surface area contributed by atoms with E-state index >= 15 is 0 Å². The van der Waals surface area contributed by atoms with Gasteiger partial charge in [0.05, 0.1) is 16.2 Å². The van der Waals surface area contributed by atoms with Crippen LogP contribution in [-0.4, -0.2) is 40.0 Å². The van der Waals surface area contributed by atoms with E-state index in [1.807, 2.05) is 6.92 Å². The number of aromatic nitrogens is 1. The van der Waals surface area contributed by atoms with Crippen molar-refractivity contribution in [1.29, 1.82) is 0 Å². The molecule has 0 radical (unpaired) electrons. The Labute approximate surface area is 194 Å². The highest BCUT2D eigenvalue weighted by Crippen LogP contribution is 2.29. The molecule has 8 nitrogen and oxygen atoms in total. The summed E-state index contributed by atoms with van der Waals surface area (Å²) in [5.74, 6) is -1.06. The zero-order valence-electron chi connectivity index (χ0n) is 17.8. The van der Waals surface area contributed by atoms with Gasteiger partial charge in [-0.15, -0.1) is 0 Å². The molecule has 2 heterocycles. The molecule has 0 unspecified atom stereocenters. The molecular formula is C23H23ClFN5O3. The topological polar surface area (TPSA) is 109 Å². The van der Waals surface area contributed by atoms with Crippen molar-refractivity contribution in [1.82, 2.24) is 14.8 Å². The van der Waals surface area contributed by atoms with Gasteiger partial charge in [-0.05, 0) is 24.5 Å². The van der Waals surface area contributed by atoms with Gasteiger partial charge >= 0.3 is 12.1 Å². The van der Waals surface area contributed by atoms with Crippen molar-refractivity contribution in [3.05, 3.63) is 65.1 Å². The molecule has 0 saturated carbocycles. The van der Waals surface area contributed by atoms with E-state index < -0.39 is 23.9 Å². The third-order valence-corrected chi connectivity index (χ3v) is 6.20.